The molecule has 1 heterocycles. The Hall–Kier alpha value is -1.89. The molecule has 0 spiro atoms. The van der Waals surface area contributed by atoms with Crippen molar-refractivity contribution in [1.82, 2.24) is 0 Å². The molecule has 4 N–H and O–H groups in total. The number of fused-ring (bicyclic) bond motifs is 1. The lowest BCUT2D eigenvalue weighted by atomic mass is 10.2. The molecular weight excluding hydrogens is 300 g/mol. The van der Waals surface area contributed by atoms with E-state index in [1.165, 1.54) is 11.8 Å². The smallest absolute Gasteiger partial charge is 0.231 e. The largest absolute Gasteiger partial charge is 0.370 e. The number of para-hydroxylation sites is 2. The fourth-order valence-electron chi connectivity index (χ4n) is 2.70. The molecule has 6 nitrogen and oxygen atoms in total. The molecule has 0 aliphatic carbocycles. The van der Waals surface area contributed by atoms with E-state index in [9.17, 15) is 9.59 Å². The van der Waals surface area contributed by atoms with Crippen molar-refractivity contribution in [2.24, 2.45) is 11.5 Å². The Balaban J connectivity index is 2.29. The van der Waals surface area contributed by atoms with Crippen molar-refractivity contribution in [2.45, 2.75) is 31.0 Å². The van der Waals surface area contributed by atoms with Gasteiger partial charge < -0.3 is 21.3 Å². The van der Waals surface area contributed by atoms with Crippen LogP contribution in [0.3, 0.4) is 0 Å². The molecular formula is C15H22N4O2S. The lowest BCUT2D eigenvalue weighted by Crippen LogP contribution is -2.44. The first-order valence-corrected chi connectivity index (χ1v) is 8.29. The van der Waals surface area contributed by atoms with Gasteiger partial charge in [0.05, 0.1) is 16.6 Å². The summed E-state index contributed by atoms with van der Waals surface area (Å²) in [6.45, 7) is 5.73. The Morgan fingerprint density at radius 2 is 1.64 bits per heavy atom. The molecule has 7 heteroatoms. The van der Waals surface area contributed by atoms with Crippen molar-refractivity contribution in [3.05, 3.63) is 24.3 Å². The number of nitrogens with zero attached hydrogens (tertiary/aromatic N) is 2. The molecule has 1 aliphatic heterocycles. The van der Waals surface area contributed by atoms with Gasteiger partial charge in [0, 0.05) is 19.5 Å². The number of carbonyl (C=O) groups is 2. The highest BCUT2D eigenvalue weighted by Crippen LogP contribution is 2.44. The molecule has 1 aromatic carbocycles. The molecule has 1 aliphatic rings. The average Bonchev–Trinajstić information content (AvgIpc) is 2.78. The second kappa shape index (κ2) is 6.91. The first kappa shape index (κ1) is 16.5. The Bertz CT molecular complexity index is 535. The average molecular weight is 322 g/mol. The SMILES string of the molecule is CCN1c2ccccc2N(CC)C1SC(CC(N)=O)C(N)=O. The zero-order valence-corrected chi connectivity index (χ0v) is 13.7. The summed E-state index contributed by atoms with van der Waals surface area (Å²) in [5.74, 6) is -1.02. The van der Waals surface area contributed by atoms with Crippen LogP contribution < -0.4 is 21.3 Å². The van der Waals surface area contributed by atoms with Crippen LogP contribution in [0.15, 0.2) is 24.3 Å². The molecule has 0 saturated heterocycles. The van der Waals surface area contributed by atoms with E-state index in [1.54, 1.807) is 0 Å². The fourth-order valence-corrected chi connectivity index (χ4v) is 4.21. The van der Waals surface area contributed by atoms with Crippen LogP contribution in [0.2, 0.25) is 0 Å². The number of carbonyl (C=O) groups excluding carboxylic acids is 2. The number of hydrogen-bond donors (Lipinski definition) is 2. The Kier molecular flexibility index (Phi) is 5.18. The van der Waals surface area contributed by atoms with Crippen molar-refractivity contribution in [1.29, 1.82) is 0 Å². The van der Waals surface area contributed by atoms with Crippen molar-refractivity contribution >= 4 is 35.0 Å². The van der Waals surface area contributed by atoms with Gasteiger partial charge in [0.1, 0.15) is 0 Å². The molecule has 0 radical (unpaired) electrons. The van der Waals surface area contributed by atoms with Crippen molar-refractivity contribution < 1.29 is 9.59 Å². The van der Waals surface area contributed by atoms with E-state index in [1.807, 2.05) is 12.1 Å². The number of amides is 2. The van der Waals surface area contributed by atoms with Crippen molar-refractivity contribution in [3.8, 4) is 0 Å². The van der Waals surface area contributed by atoms with Gasteiger partial charge >= 0.3 is 0 Å². The van der Waals surface area contributed by atoms with Crippen LogP contribution in [0.5, 0.6) is 0 Å². The summed E-state index contributed by atoms with van der Waals surface area (Å²) < 4.78 is 0. The molecule has 1 atom stereocenters. The van der Waals surface area contributed by atoms with Gasteiger partial charge in [0.2, 0.25) is 11.8 Å². The van der Waals surface area contributed by atoms with Crippen molar-refractivity contribution in [3.63, 3.8) is 0 Å². The number of thioether (sulfide) groups is 1. The van der Waals surface area contributed by atoms with Gasteiger partial charge in [0.15, 0.2) is 5.50 Å². The molecule has 0 fully saturated rings. The van der Waals surface area contributed by atoms with Gasteiger partial charge in [-0.25, -0.2) is 0 Å². The van der Waals surface area contributed by atoms with Crippen LogP contribution in [0.1, 0.15) is 20.3 Å². The molecule has 1 unspecified atom stereocenters. The minimum absolute atomic E-state index is 0.0397. The van der Waals surface area contributed by atoms with Gasteiger partial charge in [0.25, 0.3) is 0 Å². The Morgan fingerprint density at radius 1 is 1.14 bits per heavy atom. The third kappa shape index (κ3) is 3.14. The standard InChI is InChI=1S/C15H22N4O2S/c1-3-18-10-7-5-6-8-11(10)19(4-2)15(18)22-12(14(17)21)9-13(16)20/h5-8,12,15H,3-4,9H2,1-2H3,(H2,16,20)(H2,17,21). The molecule has 0 bridgehead atoms. The van der Waals surface area contributed by atoms with E-state index < -0.39 is 17.1 Å². The number of anilines is 2. The van der Waals surface area contributed by atoms with Gasteiger partial charge in [-0.1, -0.05) is 12.1 Å². The van der Waals surface area contributed by atoms with E-state index in [4.69, 9.17) is 11.5 Å². The maximum Gasteiger partial charge on any atom is 0.231 e. The van der Waals surface area contributed by atoms with Crippen molar-refractivity contribution in [2.75, 3.05) is 22.9 Å². The van der Waals surface area contributed by atoms with Crippen LogP contribution in [-0.2, 0) is 9.59 Å². The quantitative estimate of drug-likeness (QED) is 0.784. The van der Waals surface area contributed by atoms with Gasteiger partial charge in [-0.2, -0.15) is 0 Å². The number of rotatable bonds is 7. The summed E-state index contributed by atoms with van der Waals surface area (Å²) >= 11 is 1.39. The zero-order valence-electron chi connectivity index (χ0n) is 12.9. The summed E-state index contributed by atoms with van der Waals surface area (Å²) in [5, 5.41) is -0.625. The van der Waals surface area contributed by atoms with Crippen LogP contribution >= 0.6 is 11.8 Å². The molecule has 120 valence electrons. The highest BCUT2D eigenvalue weighted by atomic mass is 32.2. The highest BCUT2D eigenvalue weighted by Gasteiger charge is 2.37. The highest BCUT2D eigenvalue weighted by molar-refractivity contribution is 8.01. The lowest BCUT2D eigenvalue weighted by molar-refractivity contribution is -0.122. The minimum Gasteiger partial charge on any atom is -0.370 e. The third-order valence-electron chi connectivity index (χ3n) is 3.71. The third-order valence-corrected chi connectivity index (χ3v) is 5.19. The second-order valence-corrected chi connectivity index (χ2v) is 6.35. The zero-order chi connectivity index (χ0) is 16.3. The van der Waals surface area contributed by atoms with E-state index in [0.29, 0.717) is 0 Å². The predicted octanol–water partition coefficient (Wildman–Crippen LogP) is 1.10. The predicted molar refractivity (Wildman–Crippen MR) is 90.7 cm³/mol. The lowest BCUT2D eigenvalue weighted by Gasteiger charge is -2.33. The molecule has 1 aromatic rings. The topological polar surface area (TPSA) is 92.7 Å². The summed E-state index contributed by atoms with van der Waals surface area (Å²) in [4.78, 5) is 27.2. The van der Waals surface area contributed by atoms with E-state index in [2.05, 4.69) is 35.8 Å². The van der Waals surface area contributed by atoms with E-state index >= 15 is 0 Å². The summed E-state index contributed by atoms with van der Waals surface area (Å²) in [6.07, 6.45) is -0.0397. The molecule has 0 saturated carbocycles. The summed E-state index contributed by atoms with van der Waals surface area (Å²) in [5.41, 5.74) is 12.9. The number of primary amides is 2. The van der Waals surface area contributed by atoms with Gasteiger partial charge in [-0.05, 0) is 26.0 Å². The van der Waals surface area contributed by atoms with E-state index in [0.717, 1.165) is 24.5 Å². The van der Waals surface area contributed by atoms with E-state index in [-0.39, 0.29) is 11.9 Å². The Labute approximate surface area is 134 Å². The van der Waals surface area contributed by atoms with Gasteiger partial charge in [-0.15, -0.1) is 11.8 Å². The monoisotopic (exact) mass is 322 g/mol. The normalized spacial score (nSPS) is 15.7. The number of nitrogens with two attached hydrogens (primary N) is 2. The first-order valence-electron chi connectivity index (χ1n) is 7.35. The maximum atomic E-state index is 11.6. The second-order valence-electron chi connectivity index (χ2n) is 5.08. The van der Waals surface area contributed by atoms with Crippen LogP contribution in [0, 0.1) is 0 Å². The van der Waals surface area contributed by atoms with Crippen LogP contribution in [-0.4, -0.2) is 35.7 Å². The fraction of sp³-hybridized carbons (Fsp3) is 0.467. The van der Waals surface area contributed by atoms with Crippen LogP contribution in [0.25, 0.3) is 0 Å². The molecule has 0 aromatic heterocycles. The maximum absolute atomic E-state index is 11.6. The molecule has 22 heavy (non-hydrogen) atoms. The minimum atomic E-state index is -0.625. The number of hydrogen-bond acceptors (Lipinski definition) is 5. The Morgan fingerprint density at radius 3 is 2.00 bits per heavy atom. The van der Waals surface area contributed by atoms with Crippen LogP contribution in [0.4, 0.5) is 11.4 Å². The summed E-state index contributed by atoms with van der Waals surface area (Å²) in [6, 6.07) is 8.12. The molecule has 2 amide bonds. The van der Waals surface area contributed by atoms with Gasteiger partial charge in [-0.3, -0.25) is 9.59 Å². The number of benzene rings is 1. The molecule has 2 rings (SSSR count). The first-order chi connectivity index (χ1) is 10.5. The summed E-state index contributed by atoms with van der Waals surface area (Å²) in [7, 11) is 0.